The van der Waals surface area contributed by atoms with Crippen molar-refractivity contribution >= 4 is 5.78 Å². The smallest absolute Gasteiger partial charge is 0.163 e. The van der Waals surface area contributed by atoms with E-state index >= 15 is 0 Å². The van der Waals surface area contributed by atoms with Gasteiger partial charge >= 0.3 is 0 Å². The van der Waals surface area contributed by atoms with Gasteiger partial charge in [0.2, 0.25) is 0 Å². The molecule has 0 saturated heterocycles. The molecule has 3 aliphatic rings. The molecule has 0 aromatic rings. The minimum absolute atomic E-state index is 0.000000000000000222. The summed E-state index contributed by atoms with van der Waals surface area (Å²) >= 11 is 0. The van der Waals surface area contributed by atoms with Crippen molar-refractivity contribution < 1.29 is 15.0 Å². The Labute approximate surface area is 107 Å². The second-order valence-corrected chi connectivity index (χ2v) is 6.77. The van der Waals surface area contributed by atoms with Crippen molar-refractivity contribution in [2.75, 3.05) is 0 Å². The van der Waals surface area contributed by atoms with Crippen molar-refractivity contribution in [2.24, 2.45) is 23.2 Å². The summed E-state index contributed by atoms with van der Waals surface area (Å²) in [7, 11) is 0. The van der Waals surface area contributed by atoms with E-state index in [9.17, 15) is 15.0 Å². The maximum absolute atomic E-state index is 12.2. The molecule has 18 heavy (non-hydrogen) atoms. The first-order valence-corrected chi connectivity index (χ1v) is 6.53. The molecule has 1 saturated carbocycles. The molecule has 3 aliphatic carbocycles. The van der Waals surface area contributed by atoms with Gasteiger partial charge in [-0.1, -0.05) is 31.1 Å². The topological polar surface area (TPSA) is 57.5 Å². The average molecular weight is 248 g/mol. The molecule has 4 bridgehead atoms. The Hall–Kier alpha value is -0.930. The summed E-state index contributed by atoms with van der Waals surface area (Å²) in [5.74, 6) is -0.188. The minimum Gasteiger partial charge on any atom is -0.389 e. The van der Waals surface area contributed by atoms with E-state index in [4.69, 9.17) is 0 Å². The van der Waals surface area contributed by atoms with Gasteiger partial charge in [0.15, 0.2) is 5.78 Å². The van der Waals surface area contributed by atoms with Crippen LogP contribution in [0.15, 0.2) is 23.3 Å². The van der Waals surface area contributed by atoms with Crippen LogP contribution in [0.3, 0.4) is 0 Å². The molecular formula is C15H20O3. The highest BCUT2D eigenvalue weighted by Crippen LogP contribution is 2.63. The van der Waals surface area contributed by atoms with Gasteiger partial charge in [-0.15, -0.1) is 0 Å². The molecule has 0 amide bonds. The molecule has 3 heteroatoms. The Bertz CT molecular complexity index is 500. The van der Waals surface area contributed by atoms with E-state index in [0.717, 1.165) is 11.1 Å². The van der Waals surface area contributed by atoms with Crippen LogP contribution >= 0.6 is 0 Å². The molecule has 0 heterocycles. The van der Waals surface area contributed by atoms with E-state index in [1.54, 1.807) is 12.2 Å². The van der Waals surface area contributed by atoms with E-state index in [1.165, 1.54) is 0 Å². The average Bonchev–Trinajstić information content (AvgIpc) is 2.35. The number of carbonyl (C=O) groups excluding carboxylic acids is 1. The molecule has 0 radical (unpaired) electrons. The lowest BCUT2D eigenvalue weighted by molar-refractivity contribution is -0.121. The monoisotopic (exact) mass is 248 g/mol. The third-order valence-corrected chi connectivity index (χ3v) is 5.33. The highest BCUT2D eigenvalue weighted by atomic mass is 16.3. The quantitative estimate of drug-likeness (QED) is 0.638. The predicted molar refractivity (Wildman–Crippen MR) is 67.7 cm³/mol. The van der Waals surface area contributed by atoms with Crippen molar-refractivity contribution in [1.82, 2.24) is 0 Å². The first kappa shape index (κ1) is 12.1. The summed E-state index contributed by atoms with van der Waals surface area (Å²) in [6.45, 7) is 7.69. The summed E-state index contributed by atoms with van der Waals surface area (Å²) in [5, 5.41) is 21.4. The molecule has 3 unspecified atom stereocenters. The zero-order valence-corrected chi connectivity index (χ0v) is 11.3. The Morgan fingerprint density at radius 1 is 1.22 bits per heavy atom. The Morgan fingerprint density at radius 2 is 1.83 bits per heavy atom. The summed E-state index contributed by atoms with van der Waals surface area (Å²) in [6.07, 6.45) is 2.56. The van der Waals surface area contributed by atoms with Gasteiger partial charge < -0.3 is 10.2 Å². The Balaban J connectivity index is 2.30. The molecule has 5 atom stereocenters. The van der Waals surface area contributed by atoms with Crippen molar-refractivity contribution in [3.8, 4) is 0 Å². The van der Waals surface area contributed by atoms with Crippen LogP contribution in [-0.2, 0) is 4.79 Å². The second kappa shape index (κ2) is 3.14. The zero-order chi connectivity index (χ0) is 13.5. The van der Waals surface area contributed by atoms with Crippen LogP contribution in [0, 0.1) is 23.2 Å². The number of hydrogen-bond acceptors (Lipinski definition) is 3. The van der Waals surface area contributed by atoms with Gasteiger partial charge in [-0.05, 0) is 31.3 Å². The first-order valence-electron chi connectivity index (χ1n) is 6.53. The molecule has 3 rings (SSSR count). The van der Waals surface area contributed by atoms with Gasteiger partial charge in [-0.3, -0.25) is 4.79 Å². The van der Waals surface area contributed by atoms with Crippen LogP contribution in [0.4, 0.5) is 0 Å². The number of allylic oxidation sites excluding steroid dienone is 2. The normalized spacial score (nSPS) is 48.9. The van der Waals surface area contributed by atoms with E-state index < -0.39 is 17.1 Å². The molecule has 3 nitrogen and oxygen atoms in total. The van der Waals surface area contributed by atoms with Crippen molar-refractivity contribution in [1.29, 1.82) is 0 Å². The van der Waals surface area contributed by atoms with Crippen LogP contribution in [0.2, 0.25) is 0 Å². The molecule has 0 aromatic carbocycles. The number of hydrogen-bond donors (Lipinski definition) is 2. The van der Waals surface area contributed by atoms with Crippen molar-refractivity contribution in [2.45, 2.75) is 39.4 Å². The maximum Gasteiger partial charge on any atom is 0.163 e. The fraction of sp³-hybridized carbons (Fsp3) is 0.667. The lowest BCUT2D eigenvalue weighted by atomic mass is 9.60. The SMILES string of the molecule is CC1=C[C@]2(O)C3C(C)=CC(=O)C1C3C(C)(C)[C@@H]2O. The number of carbonyl (C=O) groups is 1. The van der Waals surface area contributed by atoms with Gasteiger partial charge in [0.1, 0.15) is 5.60 Å². The fourth-order valence-electron chi connectivity index (χ4n) is 4.65. The first-order chi connectivity index (χ1) is 8.21. The third-order valence-electron chi connectivity index (χ3n) is 5.33. The largest absolute Gasteiger partial charge is 0.389 e. The van der Waals surface area contributed by atoms with Gasteiger partial charge in [-0.2, -0.15) is 0 Å². The molecule has 2 N–H and O–H groups in total. The van der Waals surface area contributed by atoms with Crippen LogP contribution < -0.4 is 0 Å². The van der Waals surface area contributed by atoms with E-state index in [1.807, 2.05) is 27.7 Å². The molecule has 1 fully saturated rings. The predicted octanol–water partition coefficient (Wildman–Crippen LogP) is 1.46. The van der Waals surface area contributed by atoms with E-state index in [-0.39, 0.29) is 23.5 Å². The second-order valence-electron chi connectivity index (χ2n) is 6.77. The van der Waals surface area contributed by atoms with E-state index in [2.05, 4.69) is 0 Å². The summed E-state index contributed by atoms with van der Waals surface area (Å²) in [6, 6.07) is 0. The standard InChI is InChI=1S/C15H20O3/c1-7-5-9(16)10-8(2)6-15(18)11(7)12(10)14(3,4)13(15)17/h5-6,10-13,17-18H,1-4H3/t10?,11?,12?,13-,15-/m0/s1. The van der Waals surface area contributed by atoms with E-state index in [0.29, 0.717) is 0 Å². The van der Waals surface area contributed by atoms with Gasteiger partial charge in [0.25, 0.3) is 0 Å². The Morgan fingerprint density at radius 3 is 2.44 bits per heavy atom. The number of aliphatic hydroxyl groups excluding tert-OH is 1. The maximum atomic E-state index is 12.2. The Kier molecular flexibility index (Phi) is 2.12. The summed E-state index contributed by atoms with van der Waals surface area (Å²) < 4.78 is 0. The van der Waals surface area contributed by atoms with Crippen molar-refractivity contribution in [3.05, 3.63) is 23.3 Å². The van der Waals surface area contributed by atoms with Crippen LogP contribution in [0.5, 0.6) is 0 Å². The lowest BCUT2D eigenvalue weighted by Gasteiger charge is -2.44. The van der Waals surface area contributed by atoms with Gasteiger partial charge in [-0.25, -0.2) is 0 Å². The molecule has 0 spiro atoms. The lowest BCUT2D eigenvalue weighted by Crippen LogP contribution is -2.48. The molecule has 0 aliphatic heterocycles. The molecular weight excluding hydrogens is 228 g/mol. The van der Waals surface area contributed by atoms with Gasteiger partial charge in [0, 0.05) is 11.8 Å². The van der Waals surface area contributed by atoms with Crippen molar-refractivity contribution in [3.63, 3.8) is 0 Å². The highest BCUT2D eigenvalue weighted by molar-refractivity contribution is 5.96. The highest BCUT2D eigenvalue weighted by Gasteiger charge is 2.68. The molecule has 98 valence electrons. The molecule has 0 aromatic heterocycles. The zero-order valence-electron chi connectivity index (χ0n) is 11.3. The van der Waals surface area contributed by atoms with Crippen LogP contribution in [0.1, 0.15) is 27.7 Å². The number of aliphatic hydroxyl groups is 2. The van der Waals surface area contributed by atoms with Gasteiger partial charge in [0.05, 0.1) is 6.10 Å². The minimum atomic E-state index is -1.21. The van der Waals surface area contributed by atoms with Crippen LogP contribution in [-0.4, -0.2) is 27.7 Å². The van der Waals surface area contributed by atoms with Crippen LogP contribution in [0.25, 0.3) is 0 Å². The summed E-state index contributed by atoms with van der Waals surface area (Å²) in [4.78, 5) is 12.2. The number of ketones is 1. The third kappa shape index (κ3) is 1.10. The summed E-state index contributed by atoms with van der Waals surface area (Å²) in [5.41, 5.74) is 0.133. The fourth-order valence-corrected chi connectivity index (χ4v) is 4.65. The number of rotatable bonds is 0.